The monoisotopic (exact) mass is 491 g/mol. The molecule has 0 atom stereocenters. The molecule has 1 amide bonds. The molecule has 0 aliphatic carbocycles. The summed E-state index contributed by atoms with van der Waals surface area (Å²) in [6.45, 7) is 10.8. The van der Waals surface area contributed by atoms with E-state index in [-0.39, 0.29) is 18.3 Å². The Hall–Kier alpha value is -3.51. The van der Waals surface area contributed by atoms with Crippen molar-refractivity contribution in [2.45, 2.75) is 53.7 Å². The molecule has 1 N–H and O–H groups in total. The fraction of sp³-hybridized carbons (Fsp3) is 0.286. The van der Waals surface area contributed by atoms with Crippen LogP contribution in [-0.4, -0.2) is 15.7 Å². The van der Waals surface area contributed by atoms with Crippen LogP contribution in [0.2, 0.25) is 5.02 Å². The van der Waals surface area contributed by atoms with E-state index in [2.05, 4.69) is 36.4 Å². The zero-order valence-corrected chi connectivity index (χ0v) is 21.4. The Kier molecular flexibility index (Phi) is 7.31. The van der Waals surface area contributed by atoms with Crippen LogP contribution in [0.15, 0.2) is 59.0 Å². The molecule has 0 fully saturated rings. The molecule has 0 aliphatic heterocycles. The third kappa shape index (κ3) is 5.60. The minimum Gasteiger partial charge on any atom is -0.485 e. The fourth-order valence-electron chi connectivity index (χ4n) is 3.96. The molecule has 35 heavy (non-hydrogen) atoms. The van der Waals surface area contributed by atoms with Gasteiger partial charge in [-0.2, -0.15) is 5.10 Å². The van der Waals surface area contributed by atoms with Gasteiger partial charge < -0.3 is 14.5 Å². The summed E-state index contributed by atoms with van der Waals surface area (Å²) < 4.78 is 13.7. The average molecular weight is 492 g/mol. The van der Waals surface area contributed by atoms with Gasteiger partial charge in [0, 0.05) is 5.02 Å². The van der Waals surface area contributed by atoms with Gasteiger partial charge in [-0.15, -0.1) is 0 Å². The molecule has 182 valence electrons. The van der Waals surface area contributed by atoms with Crippen molar-refractivity contribution in [1.29, 1.82) is 0 Å². The summed E-state index contributed by atoms with van der Waals surface area (Å²) in [6.07, 6.45) is 0. The number of amides is 1. The first-order chi connectivity index (χ1) is 16.7. The molecule has 4 aromatic rings. The number of carbonyl (C=O) groups is 1. The van der Waals surface area contributed by atoms with Crippen LogP contribution < -0.4 is 10.1 Å². The summed E-state index contributed by atoms with van der Waals surface area (Å²) in [5, 5.41) is 8.21. The van der Waals surface area contributed by atoms with Crippen LogP contribution in [-0.2, 0) is 13.2 Å². The molecule has 0 saturated carbocycles. The normalized spacial score (nSPS) is 11.2. The summed E-state index contributed by atoms with van der Waals surface area (Å²) in [7, 11) is 0. The summed E-state index contributed by atoms with van der Waals surface area (Å²) in [4.78, 5) is 12.9. The SMILES string of the molecule is Cc1ccc(C(C)C)c(OCc2ccc(C(=O)Nc3c(C)nn(Cc4ccccc4Cl)c3C)o2)c1. The quantitative estimate of drug-likeness (QED) is 0.286. The Labute approximate surface area is 210 Å². The van der Waals surface area contributed by atoms with Crippen molar-refractivity contribution in [2.75, 3.05) is 5.32 Å². The van der Waals surface area contributed by atoms with Crippen molar-refractivity contribution < 1.29 is 13.9 Å². The number of aryl methyl sites for hydroxylation is 2. The van der Waals surface area contributed by atoms with Crippen molar-refractivity contribution in [2.24, 2.45) is 0 Å². The molecule has 0 radical (unpaired) electrons. The van der Waals surface area contributed by atoms with Crippen molar-refractivity contribution in [3.8, 4) is 5.75 Å². The van der Waals surface area contributed by atoms with Crippen LogP contribution in [0, 0.1) is 20.8 Å². The lowest BCUT2D eigenvalue weighted by Gasteiger charge is -2.14. The van der Waals surface area contributed by atoms with Gasteiger partial charge in [-0.25, -0.2) is 0 Å². The Balaban J connectivity index is 1.44. The number of furan rings is 1. The first kappa shape index (κ1) is 24.6. The van der Waals surface area contributed by atoms with Gasteiger partial charge in [-0.05, 0) is 67.6 Å². The van der Waals surface area contributed by atoms with Gasteiger partial charge in [-0.3, -0.25) is 9.48 Å². The summed E-state index contributed by atoms with van der Waals surface area (Å²) in [6, 6.07) is 17.3. The number of nitrogens with one attached hydrogen (secondary N) is 1. The summed E-state index contributed by atoms with van der Waals surface area (Å²) in [5.41, 5.74) is 5.45. The maximum absolute atomic E-state index is 12.9. The highest BCUT2D eigenvalue weighted by Gasteiger charge is 2.19. The van der Waals surface area contributed by atoms with E-state index in [1.54, 1.807) is 12.1 Å². The molecule has 4 rings (SSSR count). The fourth-order valence-corrected chi connectivity index (χ4v) is 4.16. The molecule has 0 unspecified atom stereocenters. The first-order valence-corrected chi connectivity index (χ1v) is 12.0. The van der Waals surface area contributed by atoms with Crippen molar-refractivity contribution in [1.82, 2.24) is 9.78 Å². The maximum atomic E-state index is 12.9. The second-order valence-corrected chi connectivity index (χ2v) is 9.41. The van der Waals surface area contributed by atoms with E-state index in [9.17, 15) is 4.79 Å². The standard InChI is InChI=1S/C28H30ClN3O3/c1-17(2)23-12-10-18(3)14-26(23)34-16-22-11-13-25(35-22)28(33)30-27-19(4)31-32(20(27)5)15-21-8-6-7-9-24(21)29/h6-14,17H,15-16H2,1-5H3,(H,30,33). The largest absolute Gasteiger partial charge is 0.485 e. The van der Waals surface area contributed by atoms with E-state index >= 15 is 0 Å². The maximum Gasteiger partial charge on any atom is 0.291 e. The van der Waals surface area contributed by atoms with Crippen LogP contribution in [0.25, 0.3) is 0 Å². The molecule has 6 nitrogen and oxygen atoms in total. The van der Waals surface area contributed by atoms with E-state index in [4.69, 9.17) is 20.8 Å². The van der Waals surface area contributed by atoms with Crippen molar-refractivity contribution in [3.63, 3.8) is 0 Å². The molecule has 0 aliphatic rings. The molecule has 2 aromatic carbocycles. The number of carbonyl (C=O) groups excluding carboxylic acids is 1. The van der Waals surface area contributed by atoms with E-state index in [0.29, 0.717) is 28.9 Å². The summed E-state index contributed by atoms with van der Waals surface area (Å²) >= 11 is 6.30. The van der Waals surface area contributed by atoms with Gasteiger partial charge in [0.25, 0.3) is 5.91 Å². The van der Waals surface area contributed by atoms with Crippen LogP contribution in [0.4, 0.5) is 5.69 Å². The smallest absolute Gasteiger partial charge is 0.291 e. The van der Waals surface area contributed by atoms with E-state index in [1.807, 2.05) is 55.8 Å². The minimum absolute atomic E-state index is 0.217. The topological polar surface area (TPSA) is 69.3 Å². The number of anilines is 1. The number of halogens is 1. The Morgan fingerprint density at radius 2 is 1.89 bits per heavy atom. The lowest BCUT2D eigenvalue weighted by molar-refractivity contribution is 0.0992. The van der Waals surface area contributed by atoms with Gasteiger partial charge in [0.2, 0.25) is 0 Å². The molecule has 0 spiro atoms. The third-order valence-corrected chi connectivity index (χ3v) is 6.31. The van der Waals surface area contributed by atoms with E-state index in [0.717, 1.165) is 33.8 Å². The van der Waals surface area contributed by atoms with Gasteiger partial charge in [-0.1, -0.05) is 55.8 Å². The molecule has 2 heterocycles. The third-order valence-electron chi connectivity index (χ3n) is 5.94. The number of benzene rings is 2. The predicted molar refractivity (Wildman–Crippen MR) is 139 cm³/mol. The van der Waals surface area contributed by atoms with E-state index in [1.165, 1.54) is 0 Å². The predicted octanol–water partition coefficient (Wildman–Crippen LogP) is 7.06. The Morgan fingerprint density at radius 1 is 1.11 bits per heavy atom. The van der Waals surface area contributed by atoms with Crippen molar-refractivity contribution >= 4 is 23.2 Å². The first-order valence-electron chi connectivity index (χ1n) is 11.6. The zero-order chi connectivity index (χ0) is 25.1. The molecule has 0 bridgehead atoms. The molecular weight excluding hydrogens is 462 g/mol. The number of aromatic nitrogens is 2. The van der Waals surface area contributed by atoms with Crippen LogP contribution in [0.1, 0.15) is 64.2 Å². The molecular formula is C28H30ClN3O3. The summed E-state index contributed by atoms with van der Waals surface area (Å²) in [5.74, 6) is 1.63. The zero-order valence-electron chi connectivity index (χ0n) is 20.7. The van der Waals surface area contributed by atoms with Gasteiger partial charge in [0.15, 0.2) is 5.76 Å². The average Bonchev–Trinajstić information content (AvgIpc) is 3.39. The van der Waals surface area contributed by atoms with Crippen LogP contribution in [0.5, 0.6) is 5.75 Å². The highest BCUT2D eigenvalue weighted by Crippen LogP contribution is 2.29. The Morgan fingerprint density at radius 3 is 2.63 bits per heavy atom. The van der Waals surface area contributed by atoms with Crippen molar-refractivity contribution in [3.05, 3.63) is 99.2 Å². The number of hydrogen-bond acceptors (Lipinski definition) is 4. The van der Waals surface area contributed by atoms with Crippen LogP contribution >= 0.6 is 11.6 Å². The van der Waals surface area contributed by atoms with Gasteiger partial charge in [0.05, 0.1) is 23.6 Å². The lowest BCUT2D eigenvalue weighted by atomic mass is 10.0. The second kappa shape index (κ2) is 10.4. The second-order valence-electron chi connectivity index (χ2n) is 9.00. The van der Waals surface area contributed by atoms with E-state index < -0.39 is 0 Å². The highest BCUT2D eigenvalue weighted by atomic mass is 35.5. The number of rotatable bonds is 8. The van der Waals surface area contributed by atoms with Gasteiger partial charge in [0.1, 0.15) is 18.1 Å². The van der Waals surface area contributed by atoms with Crippen LogP contribution in [0.3, 0.4) is 0 Å². The molecule has 0 saturated heterocycles. The lowest BCUT2D eigenvalue weighted by Crippen LogP contribution is -2.12. The number of ether oxygens (including phenoxy) is 1. The number of hydrogen-bond donors (Lipinski definition) is 1. The van der Waals surface area contributed by atoms with Gasteiger partial charge >= 0.3 is 0 Å². The minimum atomic E-state index is -0.335. The molecule has 2 aromatic heterocycles. The number of nitrogens with zero attached hydrogens (tertiary/aromatic N) is 2. The highest BCUT2D eigenvalue weighted by molar-refractivity contribution is 6.31. The Bertz CT molecular complexity index is 1350. The molecule has 7 heteroatoms.